The Balaban J connectivity index is 5.00. The summed E-state index contributed by atoms with van der Waals surface area (Å²) in [5, 5.41) is 3.00. The van der Waals surface area contributed by atoms with Crippen LogP contribution in [0.1, 0.15) is 41.0 Å². The van der Waals surface area contributed by atoms with Crippen LogP contribution in [0.4, 0.5) is 0 Å². The average Bonchev–Trinajstić information content (AvgIpc) is 2.52. The van der Waals surface area contributed by atoms with Crippen LogP contribution in [0.2, 0.25) is 0 Å². The van der Waals surface area contributed by atoms with Gasteiger partial charge in [-0.25, -0.2) is 0 Å². The molecular weight excluding hydrogens is 334 g/mol. The van der Waals surface area contributed by atoms with Crippen LogP contribution in [0.5, 0.6) is 0 Å². The first kappa shape index (κ1) is 23.0. The van der Waals surface area contributed by atoms with Crippen LogP contribution >= 0.6 is 0 Å². The standard InChI is InChI=1S/C15H31NO7Si/c1-6-19-14(17)11-13(15(18)20-7-2)16-12-24(21-8-3,22-9-4)23-10-5/h13,16H,6-12H2,1-5H3. The molecule has 9 heteroatoms. The predicted molar refractivity (Wildman–Crippen MR) is 90.3 cm³/mol. The highest BCUT2D eigenvalue weighted by Crippen LogP contribution is 2.10. The average molecular weight is 365 g/mol. The molecule has 0 fully saturated rings. The van der Waals surface area contributed by atoms with Crippen LogP contribution in [0, 0.1) is 0 Å². The van der Waals surface area contributed by atoms with Crippen LogP contribution in [-0.2, 0) is 32.3 Å². The summed E-state index contributed by atoms with van der Waals surface area (Å²) < 4.78 is 27.1. The first-order chi connectivity index (χ1) is 11.5. The molecule has 0 bridgehead atoms. The highest BCUT2D eigenvalue weighted by Gasteiger charge is 2.42. The van der Waals surface area contributed by atoms with Gasteiger partial charge in [-0.2, -0.15) is 0 Å². The van der Waals surface area contributed by atoms with Crippen LogP contribution in [0.15, 0.2) is 0 Å². The second kappa shape index (κ2) is 13.3. The summed E-state index contributed by atoms with van der Waals surface area (Å²) in [5.41, 5.74) is 0. The predicted octanol–water partition coefficient (Wildman–Crippen LogP) is 1.05. The Morgan fingerprint density at radius 1 is 0.833 bits per heavy atom. The summed E-state index contributed by atoms with van der Waals surface area (Å²) in [7, 11) is -2.97. The topological polar surface area (TPSA) is 92.3 Å². The molecule has 1 N–H and O–H groups in total. The van der Waals surface area contributed by atoms with Crippen molar-refractivity contribution in [1.82, 2.24) is 5.32 Å². The van der Waals surface area contributed by atoms with Crippen molar-refractivity contribution in [3.8, 4) is 0 Å². The molecule has 8 nitrogen and oxygen atoms in total. The number of ether oxygens (including phenoxy) is 2. The van der Waals surface area contributed by atoms with E-state index >= 15 is 0 Å². The van der Waals surface area contributed by atoms with Gasteiger partial charge in [-0.15, -0.1) is 0 Å². The SMILES string of the molecule is CCOC(=O)CC(NC[Si](OCC)(OCC)OCC)C(=O)OCC. The number of esters is 2. The molecule has 0 heterocycles. The van der Waals surface area contributed by atoms with Crippen molar-refractivity contribution in [3.05, 3.63) is 0 Å². The van der Waals surface area contributed by atoms with Gasteiger partial charge in [-0.3, -0.25) is 14.9 Å². The van der Waals surface area contributed by atoms with E-state index in [1.54, 1.807) is 13.8 Å². The lowest BCUT2D eigenvalue weighted by Crippen LogP contribution is -2.57. The number of carbonyl (C=O) groups is 2. The maximum Gasteiger partial charge on any atom is 0.515 e. The number of carbonyl (C=O) groups excluding carboxylic acids is 2. The van der Waals surface area contributed by atoms with Crippen molar-refractivity contribution in [2.24, 2.45) is 0 Å². The molecule has 0 aromatic heterocycles. The van der Waals surface area contributed by atoms with Gasteiger partial charge >= 0.3 is 20.7 Å². The maximum absolute atomic E-state index is 12.1. The van der Waals surface area contributed by atoms with Crippen molar-refractivity contribution in [2.45, 2.75) is 47.1 Å². The van der Waals surface area contributed by atoms with Gasteiger partial charge in [0.25, 0.3) is 0 Å². The zero-order valence-corrected chi connectivity index (χ0v) is 16.4. The second-order valence-corrected chi connectivity index (χ2v) is 7.26. The lowest BCUT2D eigenvalue weighted by atomic mass is 10.2. The fourth-order valence-corrected chi connectivity index (χ4v) is 4.43. The fraction of sp³-hybridized carbons (Fsp3) is 0.867. The van der Waals surface area contributed by atoms with E-state index in [2.05, 4.69) is 5.32 Å². The van der Waals surface area contributed by atoms with Crippen molar-refractivity contribution in [3.63, 3.8) is 0 Å². The lowest BCUT2D eigenvalue weighted by molar-refractivity contribution is -0.152. The zero-order valence-electron chi connectivity index (χ0n) is 15.4. The minimum absolute atomic E-state index is 0.123. The number of hydrogen-bond acceptors (Lipinski definition) is 8. The van der Waals surface area contributed by atoms with E-state index in [0.717, 1.165) is 0 Å². The van der Waals surface area contributed by atoms with E-state index in [9.17, 15) is 9.59 Å². The molecule has 0 aliphatic carbocycles. The molecule has 142 valence electrons. The van der Waals surface area contributed by atoms with Crippen LogP contribution in [0.3, 0.4) is 0 Å². The highest BCUT2D eigenvalue weighted by molar-refractivity contribution is 6.61. The van der Waals surface area contributed by atoms with E-state index in [-0.39, 0.29) is 25.8 Å². The Morgan fingerprint density at radius 2 is 1.33 bits per heavy atom. The number of hydrogen-bond donors (Lipinski definition) is 1. The maximum atomic E-state index is 12.1. The molecule has 1 unspecified atom stereocenters. The molecule has 24 heavy (non-hydrogen) atoms. The van der Waals surface area contributed by atoms with Crippen LogP contribution < -0.4 is 5.32 Å². The van der Waals surface area contributed by atoms with Gasteiger partial charge in [0.1, 0.15) is 6.04 Å². The minimum atomic E-state index is -2.97. The fourth-order valence-electron chi connectivity index (χ4n) is 2.05. The minimum Gasteiger partial charge on any atom is -0.466 e. The van der Waals surface area contributed by atoms with E-state index in [1.807, 2.05) is 20.8 Å². The smallest absolute Gasteiger partial charge is 0.466 e. The molecule has 0 saturated carbocycles. The molecular formula is C15H31NO7Si. The van der Waals surface area contributed by atoms with Gasteiger partial charge < -0.3 is 22.8 Å². The van der Waals surface area contributed by atoms with E-state index in [4.69, 9.17) is 22.8 Å². The molecule has 0 spiro atoms. The number of nitrogens with one attached hydrogen (secondary N) is 1. The van der Waals surface area contributed by atoms with Crippen LogP contribution in [0.25, 0.3) is 0 Å². The molecule has 1 atom stereocenters. The molecule has 0 saturated heterocycles. The summed E-state index contributed by atoms with van der Waals surface area (Å²) >= 11 is 0. The molecule has 0 radical (unpaired) electrons. The third-order valence-corrected chi connectivity index (χ3v) is 5.73. The largest absolute Gasteiger partial charge is 0.515 e. The van der Waals surface area contributed by atoms with E-state index in [0.29, 0.717) is 19.8 Å². The van der Waals surface area contributed by atoms with Gasteiger partial charge in [-0.05, 0) is 34.6 Å². The molecule has 0 aliphatic heterocycles. The number of rotatable bonds is 14. The van der Waals surface area contributed by atoms with Gasteiger partial charge in [-0.1, -0.05) is 0 Å². The zero-order chi connectivity index (χ0) is 18.4. The molecule has 0 amide bonds. The van der Waals surface area contributed by atoms with Gasteiger partial charge in [0.15, 0.2) is 0 Å². The van der Waals surface area contributed by atoms with E-state index < -0.39 is 26.8 Å². The monoisotopic (exact) mass is 365 g/mol. The summed E-state index contributed by atoms with van der Waals surface area (Å²) in [4.78, 5) is 23.8. The van der Waals surface area contributed by atoms with Gasteiger partial charge in [0.2, 0.25) is 0 Å². The highest BCUT2D eigenvalue weighted by atomic mass is 28.4. The Kier molecular flexibility index (Phi) is 12.7. The van der Waals surface area contributed by atoms with Crippen molar-refractivity contribution in [2.75, 3.05) is 39.2 Å². The quantitative estimate of drug-likeness (QED) is 0.361. The Morgan fingerprint density at radius 3 is 1.75 bits per heavy atom. The summed E-state index contributed by atoms with van der Waals surface area (Å²) in [6, 6.07) is -0.836. The van der Waals surface area contributed by atoms with E-state index in [1.165, 1.54) is 0 Å². The van der Waals surface area contributed by atoms with Crippen molar-refractivity contribution in [1.29, 1.82) is 0 Å². The normalized spacial score (nSPS) is 12.7. The summed E-state index contributed by atoms with van der Waals surface area (Å²) in [6.07, 6.45) is 0.0763. The van der Waals surface area contributed by atoms with Gasteiger partial charge in [0.05, 0.1) is 25.8 Å². The van der Waals surface area contributed by atoms with Crippen molar-refractivity contribution < 1.29 is 32.3 Å². The summed E-state index contributed by atoms with van der Waals surface area (Å²) in [5.74, 6) is -0.988. The third kappa shape index (κ3) is 8.74. The Hall–Kier alpha value is -1.00. The van der Waals surface area contributed by atoms with Crippen molar-refractivity contribution >= 4 is 20.7 Å². The molecule has 0 aliphatic rings. The molecule has 0 aromatic carbocycles. The molecule has 0 rings (SSSR count). The molecule has 0 aromatic rings. The van der Waals surface area contributed by atoms with Crippen LogP contribution in [-0.4, -0.2) is 66.0 Å². The lowest BCUT2D eigenvalue weighted by Gasteiger charge is -2.30. The summed E-state index contributed by atoms with van der Waals surface area (Å²) in [6.45, 7) is 10.7. The second-order valence-electron chi connectivity index (χ2n) is 4.68. The Labute approximate surface area is 145 Å². The Bertz CT molecular complexity index is 351. The first-order valence-corrected chi connectivity index (χ1v) is 10.4. The third-order valence-electron chi connectivity index (χ3n) is 2.90. The first-order valence-electron chi connectivity index (χ1n) is 8.45. The van der Waals surface area contributed by atoms with Gasteiger partial charge in [0, 0.05) is 19.8 Å².